The first kappa shape index (κ1) is 15.7. The number of aryl methyl sites for hydroxylation is 1. The average molecular weight is 312 g/mol. The van der Waals surface area contributed by atoms with Gasteiger partial charge in [-0.15, -0.1) is 0 Å². The summed E-state index contributed by atoms with van der Waals surface area (Å²) < 4.78 is 33.7. The quantitative estimate of drug-likeness (QED) is 0.911. The molecule has 0 amide bonds. The number of ether oxygens (including phenoxy) is 1. The Morgan fingerprint density at radius 3 is 2.52 bits per heavy atom. The van der Waals surface area contributed by atoms with Gasteiger partial charge in [-0.05, 0) is 37.7 Å². The second kappa shape index (κ2) is 6.41. The highest BCUT2D eigenvalue weighted by molar-refractivity contribution is 6.30. The number of hydrogen-bond acceptors (Lipinski definition) is 2. The monoisotopic (exact) mass is 311 g/mol. The summed E-state index contributed by atoms with van der Waals surface area (Å²) in [5.41, 5.74) is 0.977. The number of hydrogen-bond donors (Lipinski definition) is 1. The fourth-order valence-corrected chi connectivity index (χ4v) is 2.48. The zero-order chi connectivity index (χ0) is 15.6. The average Bonchev–Trinajstić information content (AvgIpc) is 2.48. The van der Waals surface area contributed by atoms with Crippen LogP contribution < -0.4 is 10.1 Å². The Morgan fingerprint density at radius 2 is 1.90 bits per heavy atom. The van der Waals surface area contributed by atoms with Crippen molar-refractivity contribution in [1.29, 1.82) is 0 Å². The smallest absolute Gasteiger partial charge is 0.134 e. The second-order valence-corrected chi connectivity index (χ2v) is 5.14. The van der Waals surface area contributed by atoms with Gasteiger partial charge in [0.15, 0.2) is 0 Å². The topological polar surface area (TPSA) is 21.3 Å². The van der Waals surface area contributed by atoms with Crippen LogP contribution in [0.2, 0.25) is 5.02 Å². The van der Waals surface area contributed by atoms with Gasteiger partial charge in [-0.1, -0.05) is 23.7 Å². The molecule has 0 aliphatic carbocycles. The van der Waals surface area contributed by atoms with Crippen LogP contribution in [0.5, 0.6) is 5.75 Å². The summed E-state index contributed by atoms with van der Waals surface area (Å²) >= 11 is 5.93. The van der Waals surface area contributed by atoms with E-state index in [0.29, 0.717) is 21.9 Å². The molecule has 0 saturated carbocycles. The van der Waals surface area contributed by atoms with E-state index in [1.807, 2.05) is 0 Å². The van der Waals surface area contributed by atoms with Gasteiger partial charge in [0.25, 0.3) is 0 Å². The Bertz CT molecular complexity index is 661. The van der Waals surface area contributed by atoms with Crippen LogP contribution in [0, 0.1) is 18.6 Å². The van der Waals surface area contributed by atoms with E-state index in [9.17, 15) is 8.78 Å². The van der Waals surface area contributed by atoms with Crippen molar-refractivity contribution in [2.24, 2.45) is 0 Å². The first-order chi connectivity index (χ1) is 9.99. The first-order valence-corrected chi connectivity index (χ1v) is 6.82. The molecule has 2 nitrogen and oxygen atoms in total. The third-order valence-electron chi connectivity index (χ3n) is 3.40. The van der Waals surface area contributed by atoms with E-state index in [-0.39, 0.29) is 5.56 Å². The number of halogens is 3. The van der Waals surface area contributed by atoms with Crippen LogP contribution in [0.4, 0.5) is 8.78 Å². The molecule has 5 heteroatoms. The molecule has 2 aromatic rings. The molecular weight excluding hydrogens is 296 g/mol. The molecule has 2 aromatic carbocycles. The van der Waals surface area contributed by atoms with E-state index in [1.165, 1.54) is 19.2 Å². The van der Waals surface area contributed by atoms with Crippen molar-refractivity contribution < 1.29 is 13.5 Å². The van der Waals surface area contributed by atoms with Crippen molar-refractivity contribution in [2.75, 3.05) is 14.2 Å². The van der Waals surface area contributed by atoms with Crippen molar-refractivity contribution in [3.63, 3.8) is 0 Å². The fourth-order valence-electron chi connectivity index (χ4n) is 2.32. The van der Waals surface area contributed by atoms with Crippen LogP contribution in [0.25, 0.3) is 0 Å². The Balaban J connectivity index is 2.63. The minimum Gasteiger partial charge on any atom is -0.496 e. The molecule has 0 heterocycles. The van der Waals surface area contributed by atoms with Gasteiger partial charge in [0.1, 0.15) is 17.4 Å². The highest BCUT2D eigenvalue weighted by Gasteiger charge is 2.24. The Labute approximate surface area is 127 Å². The standard InChI is InChI=1S/C16H16ClF2NO/c1-9-4-7-12(18)14(15(9)19)16(20-2)11-6-5-10(17)8-13(11)21-3/h4-8,16,20H,1-3H3. The molecule has 0 aromatic heterocycles. The summed E-state index contributed by atoms with van der Waals surface area (Å²) in [5, 5.41) is 3.43. The number of nitrogens with one attached hydrogen (secondary N) is 1. The third-order valence-corrected chi connectivity index (χ3v) is 3.64. The number of rotatable bonds is 4. The fraction of sp³-hybridized carbons (Fsp3) is 0.250. The molecule has 1 unspecified atom stereocenters. The van der Waals surface area contributed by atoms with Crippen LogP contribution in [0.15, 0.2) is 30.3 Å². The number of benzene rings is 2. The highest BCUT2D eigenvalue weighted by atomic mass is 35.5. The lowest BCUT2D eigenvalue weighted by molar-refractivity contribution is 0.403. The Kier molecular flexibility index (Phi) is 4.80. The van der Waals surface area contributed by atoms with Gasteiger partial charge in [-0.3, -0.25) is 0 Å². The molecule has 1 atom stereocenters. The van der Waals surface area contributed by atoms with Gasteiger partial charge in [0.05, 0.1) is 13.2 Å². The van der Waals surface area contributed by atoms with Crippen molar-refractivity contribution in [3.8, 4) is 5.75 Å². The molecule has 0 fully saturated rings. The van der Waals surface area contributed by atoms with Gasteiger partial charge in [0.2, 0.25) is 0 Å². The predicted molar refractivity (Wildman–Crippen MR) is 80.0 cm³/mol. The van der Waals surface area contributed by atoms with E-state index < -0.39 is 17.7 Å². The van der Waals surface area contributed by atoms with Gasteiger partial charge in [0, 0.05) is 16.1 Å². The van der Waals surface area contributed by atoms with Crippen LogP contribution in [-0.4, -0.2) is 14.2 Å². The maximum Gasteiger partial charge on any atom is 0.134 e. The van der Waals surface area contributed by atoms with Crippen LogP contribution in [-0.2, 0) is 0 Å². The maximum absolute atomic E-state index is 14.4. The molecular formula is C16H16ClF2NO. The molecule has 0 bridgehead atoms. The summed E-state index contributed by atoms with van der Waals surface area (Å²) in [6, 6.07) is 6.99. The van der Waals surface area contributed by atoms with Crippen molar-refractivity contribution in [1.82, 2.24) is 5.32 Å². The molecule has 1 N–H and O–H groups in total. The largest absolute Gasteiger partial charge is 0.496 e. The Hall–Kier alpha value is -1.65. The van der Waals surface area contributed by atoms with Crippen molar-refractivity contribution >= 4 is 11.6 Å². The van der Waals surface area contributed by atoms with Crippen molar-refractivity contribution in [3.05, 3.63) is 63.7 Å². The minimum absolute atomic E-state index is 0.0295. The summed E-state index contributed by atoms with van der Waals surface area (Å²) in [6.07, 6.45) is 0. The summed E-state index contributed by atoms with van der Waals surface area (Å²) in [7, 11) is 3.13. The van der Waals surface area contributed by atoms with Gasteiger partial charge < -0.3 is 10.1 Å². The molecule has 0 aliphatic rings. The first-order valence-electron chi connectivity index (χ1n) is 6.44. The molecule has 0 saturated heterocycles. The van der Waals surface area contributed by atoms with E-state index in [2.05, 4.69) is 5.32 Å². The summed E-state index contributed by atoms with van der Waals surface area (Å²) in [6.45, 7) is 1.60. The van der Waals surface area contributed by atoms with Crippen LogP contribution in [0.1, 0.15) is 22.7 Å². The second-order valence-electron chi connectivity index (χ2n) is 4.70. The molecule has 2 rings (SSSR count). The zero-order valence-corrected chi connectivity index (χ0v) is 12.8. The van der Waals surface area contributed by atoms with Crippen LogP contribution in [0.3, 0.4) is 0 Å². The van der Waals surface area contributed by atoms with Crippen molar-refractivity contribution in [2.45, 2.75) is 13.0 Å². The van der Waals surface area contributed by atoms with Gasteiger partial charge >= 0.3 is 0 Å². The molecule has 0 aliphatic heterocycles. The molecule has 21 heavy (non-hydrogen) atoms. The van der Waals surface area contributed by atoms with E-state index in [1.54, 1.807) is 32.2 Å². The van der Waals surface area contributed by atoms with E-state index in [4.69, 9.17) is 16.3 Å². The van der Waals surface area contributed by atoms with Crippen LogP contribution >= 0.6 is 11.6 Å². The molecule has 0 spiro atoms. The minimum atomic E-state index is -0.669. The van der Waals surface area contributed by atoms with E-state index in [0.717, 1.165) is 0 Å². The molecule has 112 valence electrons. The predicted octanol–water partition coefficient (Wildman–Crippen LogP) is 4.24. The lowest BCUT2D eigenvalue weighted by Gasteiger charge is -2.21. The summed E-state index contributed by atoms with van der Waals surface area (Å²) in [5.74, 6) is -0.692. The lowest BCUT2D eigenvalue weighted by Crippen LogP contribution is -2.21. The normalized spacial score (nSPS) is 12.3. The zero-order valence-electron chi connectivity index (χ0n) is 12.0. The Morgan fingerprint density at radius 1 is 1.19 bits per heavy atom. The lowest BCUT2D eigenvalue weighted by atomic mass is 9.95. The van der Waals surface area contributed by atoms with E-state index >= 15 is 0 Å². The van der Waals surface area contributed by atoms with Gasteiger partial charge in [-0.25, -0.2) is 8.78 Å². The molecule has 0 radical (unpaired) electrons. The maximum atomic E-state index is 14.4. The van der Waals surface area contributed by atoms with Gasteiger partial charge in [-0.2, -0.15) is 0 Å². The number of methoxy groups -OCH3 is 1. The SMILES string of the molecule is CNC(c1ccc(Cl)cc1OC)c1c(F)ccc(C)c1F. The summed E-state index contributed by atoms with van der Waals surface area (Å²) in [4.78, 5) is 0. The third kappa shape index (κ3) is 3.01. The highest BCUT2D eigenvalue weighted by Crippen LogP contribution is 2.34.